The van der Waals surface area contributed by atoms with Crippen LogP contribution in [0.5, 0.6) is 0 Å². The van der Waals surface area contributed by atoms with Gasteiger partial charge < -0.3 is 9.47 Å². The highest BCUT2D eigenvalue weighted by atomic mass is 32.3. The zero-order valence-electron chi connectivity index (χ0n) is 15.9. The number of ether oxygens (including phenoxy) is 2. The fourth-order valence-electron chi connectivity index (χ4n) is 1.94. The summed E-state index contributed by atoms with van der Waals surface area (Å²) in [6.07, 6.45) is 0. The van der Waals surface area contributed by atoms with Crippen LogP contribution in [0, 0.1) is 0 Å². The minimum absolute atomic E-state index is 0.246. The number of esters is 2. The smallest absolute Gasteiger partial charge is 0.346 e. The molecule has 0 aromatic carbocycles. The maximum absolute atomic E-state index is 12.1. The Morgan fingerprint density at radius 3 is 1.50 bits per heavy atom. The van der Waals surface area contributed by atoms with E-state index in [1.54, 1.807) is 70.6 Å². The number of thioether (sulfide) groups is 8. The summed E-state index contributed by atoms with van der Waals surface area (Å²) in [6, 6.07) is 0. The van der Waals surface area contributed by atoms with Crippen molar-refractivity contribution >= 4 is 106 Å². The van der Waals surface area contributed by atoms with E-state index >= 15 is 0 Å². The highest BCUT2D eigenvalue weighted by Crippen LogP contribution is 2.56. The van der Waals surface area contributed by atoms with Crippen LogP contribution >= 0.6 is 94.1 Å². The van der Waals surface area contributed by atoms with Gasteiger partial charge >= 0.3 is 11.9 Å². The Balaban J connectivity index is 1.90. The van der Waals surface area contributed by atoms with Gasteiger partial charge in [0.1, 0.15) is 17.6 Å². The van der Waals surface area contributed by atoms with Gasteiger partial charge in [-0.25, -0.2) is 9.59 Å². The molecule has 2 rings (SSSR count). The molecule has 0 saturated carbocycles. The van der Waals surface area contributed by atoms with E-state index in [-0.39, 0.29) is 11.9 Å². The predicted molar refractivity (Wildman–Crippen MR) is 137 cm³/mol. The fourth-order valence-corrected chi connectivity index (χ4v) is 14.6. The molecule has 0 amide bonds. The standard InChI is InChI=1S/C16H22O4S8/c1-5-21-15-25-9(11(17)19-3)13(27-15)23-7-8-24-14-10(12(18)20-4)26-16(28-14)22-6-2/h15-16H,5-8H2,1-4H3. The molecule has 0 aliphatic carbocycles. The topological polar surface area (TPSA) is 52.6 Å². The summed E-state index contributed by atoms with van der Waals surface area (Å²) in [4.78, 5) is 25.6. The van der Waals surface area contributed by atoms with Gasteiger partial charge in [-0.2, -0.15) is 0 Å². The van der Waals surface area contributed by atoms with E-state index in [2.05, 4.69) is 13.8 Å². The lowest BCUT2D eigenvalue weighted by atomic mass is 10.6. The first-order valence-electron chi connectivity index (χ1n) is 8.34. The van der Waals surface area contributed by atoms with Crippen molar-refractivity contribution < 1.29 is 19.1 Å². The van der Waals surface area contributed by atoms with Gasteiger partial charge in [-0.05, 0) is 11.5 Å². The van der Waals surface area contributed by atoms with E-state index in [0.717, 1.165) is 41.3 Å². The normalized spacial score (nSPS) is 22.1. The van der Waals surface area contributed by atoms with Crippen LogP contribution in [0.15, 0.2) is 18.3 Å². The molecule has 0 bridgehead atoms. The van der Waals surface area contributed by atoms with Crippen LogP contribution in [0.1, 0.15) is 13.8 Å². The third-order valence-corrected chi connectivity index (χ3v) is 14.9. The molecule has 4 nitrogen and oxygen atoms in total. The zero-order valence-corrected chi connectivity index (χ0v) is 22.4. The van der Waals surface area contributed by atoms with E-state index in [4.69, 9.17) is 9.47 Å². The van der Waals surface area contributed by atoms with Crippen molar-refractivity contribution in [3.05, 3.63) is 18.3 Å². The molecule has 2 heterocycles. The first-order valence-corrected chi connectivity index (χ1v) is 15.9. The van der Waals surface area contributed by atoms with Gasteiger partial charge in [-0.1, -0.05) is 60.9 Å². The lowest BCUT2D eigenvalue weighted by Gasteiger charge is -2.07. The molecule has 0 radical (unpaired) electrons. The van der Waals surface area contributed by atoms with Crippen molar-refractivity contribution in [1.82, 2.24) is 0 Å². The van der Waals surface area contributed by atoms with Gasteiger partial charge in [0.05, 0.1) is 22.7 Å². The highest BCUT2D eigenvalue weighted by Gasteiger charge is 2.33. The minimum Gasteiger partial charge on any atom is -0.465 e. The minimum atomic E-state index is -0.246. The molecular weight excluding hydrogens is 513 g/mol. The zero-order chi connectivity index (χ0) is 20.5. The third-order valence-electron chi connectivity index (χ3n) is 3.10. The van der Waals surface area contributed by atoms with Crippen molar-refractivity contribution in [2.24, 2.45) is 0 Å². The molecule has 0 fully saturated rings. The maximum Gasteiger partial charge on any atom is 0.346 e. The largest absolute Gasteiger partial charge is 0.465 e. The fraction of sp³-hybridized carbons (Fsp3) is 0.625. The van der Waals surface area contributed by atoms with Crippen LogP contribution in [-0.4, -0.2) is 57.0 Å². The van der Waals surface area contributed by atoms with Crippen molar-refractivity contribution in [3.8, 4) is 0 Å². The monoisotopic (exact) mass is 534 g/mol. The number of carbonyl (C=O) groups is 2. The summed E-state index contributed by atoms with van der Waals surface area (Å²) >= 11 is 13.8. The third kappa shape index (κ3) is 7.42. The Morgan fingerprint density at radius 1 is 0.786 bits per heavy atom. The van der Waals surface area contributed by atoms with Crippen molar-refractivity contribution in [1.29, 1.82) is 0 Å². The number of hydrogen-bond acceptors (Lipinski definition) is 12. The molecule has 2 atom stereocenters. The molecule has 0 aromatic heterocycles. The molecule has 0 aromatic rings. The molecule has 28 heavy (non-hydrogen) atoms. The van der Waals surface area contributed by atoms with Crippen LogP contribution < -0.4 is 0 Å². The predicted octanol–water partition coefficient (Wildman–Crippen LogP) is 6.17. The van der Waals surface area contributed by atoms with Crippen molar-refractivity contribution in [3.63, 3.8) is 0 Å². The van der Waals surface area contributed by atoms with Gasteiger partial charge in [-0.15, -0.1) is 47.0 Å². The molecule has 2 aliphatic rings. The molecule has 12 heteroatoms. The van der Waals surface area contributed by atoms with Crippen molar-refractivity contribution in [2.45, 2.75) is 21.7 Å². The van der Waals surface area contributed by atoms with Gasteiger partial charge in [0, 0.05) is 11.5 Å². The van der Waals surface area contributed by atoms with E-state index in [1.807, 2.05) is 23.5 Å². The summed E-state index contributed by atoms with van der Waals surface area (Å²) in [5, 5.41) is 0. The summed E-state index contributed by atoms with van der Waals surface area (Å²) in [7, 11) is 2.86. The second-order valence-corrected chi connectivity index (χ2v) is 16.6. The number of hydrogen-bond donors (Lipinski definition) is 0. The van der Waals surface area contributed by atoms with Crippen LogP contribution in [0.4, 0.5) is 0 Å². The number of rotatable bonds is 11. The van der Waals surface area contributed by atoms with Crippen LogP contribution in [-0.2, 0) is 19.1 Å². The molecule has 2 unspecified atom stereocenters. The molecular formula is C16H22O4S8. The van der Waals surface area contributed by atoms with E-state index in [9.17, 15) is 9.59 Å². The number of carbonyl (C=O) groups excluding carboxylic acids is 2. The Kier molecular flexibility index (Phi) is 12.4. The van der Waals surface area contributed by atoms with Gasteiger partial charge in [0.15, 0.2) is 0 Å². The number of methoxy groups -OCH3 is 2. The van der Waals surface area contributed by atoms with Crippen molar-refractivity contribution in [2.75, 3.05) is 37.2 Å². The van der Waals surface area contributed by atoms with E-state index in [0.29, 0.717) is 7.83 Å². The maximum atomic E-state index is 12.1. The Bertz CT molecular complexity index is 582. The lowest BCUT2D eigenvalue weighted by Crippen LogP contribution is -2.02. The SMILES string of the molecule is CCSC1SC(SCCSC2=C(C(=O)OC)SC(SCC)S2)=C(C(=O)OC)S1. The summed E-state index contributed by atoms with van der Waals surface area (Å²) < 4.78 is 12.6. The molecule has 2 aliphatic heterocycles. The molecule has 0 N–H and O–H groups in total. The molecule has 158 valence electrons. The highest BCUT2D eigenvalue weighted by molar-refractivity contribution is 8.42. The van der Waals surface area contributed by atoms with Gasteiger partial charge in [0.25, 0.3) is 0 Å². The Hall–Kier alpha value is 1.22. The van der Waals surface area contributed by atoms with Crippen LogP contribution in [0.3, 0.4) is 0 Å². The average Bonchev–Trinajstić information content (AvgIpc) is 3.28. The lowest BCUT2D eigenvalue weighted by molar-refractivity contribution is -0.136. The summed E-state index contributed by atoms with van der Waals surface area (Å²) in [6.45, 7) is 4.25. The second kappa shape index (κ2) is 13.6. The summed E-state index contributed by atoms with van der Waals surface area (Å²) in [5.74, 6) is 3.28. The van der Waals surface area contributed by atoms with Crippen LogP contribution in [0.2, 0.25) is 0 Å². The second-order valence-electron chi connectivity index (χ2n) is 4.87. The quantitative estimate of drug-likeness (QED) is 0.225. The van der Waals surface area contributed by atoms with E-state index < -0.39 is 0 Å². The first kappa shape index (κ1) is 25.5. The first-order chi connectivity index (χ1) is 13.5. The molecule has 0 saturated heterocycles. The average molecular weight is 535 g/mol. The van der Waals surface area contributed by atoms with Gasteiger partial charge in [-0.3, -0.25) is 0 Å². The Morgan fingerprint density at radius 2 is 1.18 bits per heavy atom. The van der Waals surface area contributed by atoms with Gasteiger partial charge in [0.2, 0.25) is 0 Å². The Labute approximate surface area is 200 Å². The van der Waals surface area contributed by atoms with E-state index in [1.165, 1.54) is 14.2 Å². The summed E-state index contributed by atoms with van der Waals surface area (Å²) in [5.41, 5.74) is 0. The molecule has 0 spiro atoms. The van der Waals surface area contributed by atoms with Crippen LogP contribution in [0.25, 0.3) is 0 Å².